The molecule has 0 saturated heterocycles. The van der Waals surface area contributed by atoms with Crippen molar-refractivity contribution in [1.29, 1.82) is 0 Å². The van der Waals surface area contributed by atoms with Crippen molar-refractivity contribution in [1.82, 2.24) is 10.2 Å². The number of aromatic amines is 1. The Bertz CT molecular complexity index is 607. The van der Waals surface area contributed by atoms with Crippen LogP contribution in [0.3, 0.4) is 0 Å². The molecule has 19 heavy (non-hydrogen) atoms. The molecule has 0 radical (unpaired) electrons. The van der Waals surface area contributed by atoms with Crippen LogP contribution in [0.2, 0.25) is 0 Å². The fraction of sp³-hybridized carbons (Fsp3) is 0.286. The minimum atomic E-state index is -0.181. The Morgan fingerprint density at radius 2 is 2.26 bits per heavy atom. The molecule has 0 saturated carbocycles. The molecule has 2 aromatic rings. The molecule has 0 spiro atoms. The summed E-state index contributed by atoms with van der Waals surface area (Å²) in [5.74, 6) is 0.819. The summed E-state index contributed by atoms with van der Waals surface area (Å²) >= 11 is 0. The van der Waals surface area contributed by atoms with Crippen LogP contribution < -0.4 is 10.1 Å². The summed E-state index contributed by atoms with van der Waals surface area (Å²) in [6, 6.07) is 5.68. The number of aromatic nitrogens is 2. The number of ether oxygens (including phenoxy) is 1. The highest BCUT2D eigenvalue weighted by molar-refractivity contribution is 6.06. The quantitative estimate of drug-likeness (QED) is 0.868. The van der Waals surface area contributed by atoms with Gasteiger partial charge in [-0.05, 0) is 13.0 Å². The Morgan fingerprint density at radius 3 is 3.00 bits per heavy atom. The maximum Gasteiger partial charge on any atom is 0.259 e. The highest BCUT2D eigenvalue weighted by atomic mass is 16.5. The lowest BCUT2D eigenvalue weighted by Gasteiger charge is -2.09. The van der Waals surface area contributed by atoms with Crippen molar-refractivity contribution in [3.05, 3.63) is 41.7 Å². The zero-order chi connectivity index (χ0) is 13.4. The van der Waals surface area contributed by atoms with E-state index >= 15 is 0 Å². The maximum absolute atomic E-state index is 12.3. The molecule has 0 aliphatic carbocycles. The minimum Gasteiger partial charge on any atom is -0.489 e. The number of rotatable bonds is 2. The average Bonchev–Trinajstić information content (AvgIpc) is 2.99. The van der Waals surface area contributed by atoms with Gasteiger partial charge in [0.1, 0.15) is 11.9 Å². The molecule has 5 nitrogen and oxygen atoms in total. The summed E-state index contributed by atoms with van der Waals surface area (Å²) in [5, 5.41) is 9.24. The number of hydrogen-bond acceptors (Lipinski definition) is 3. The third-order valence-corrected chi connectivity index (χ3v) is 3.54. The first kappa shape index (κ1) is 11.8. The molecule has 1 aromatic carbocycles. The van der Waals surface area contributed by atoms with Crippen molar-refractivity contribution in [2.24, 2.45) is 0 Å². The van der Waals surface area contributed by atoms with E-state index in [0.29, 0.717) is 22.9 Å². The van der Waals surface area contributed by atoms with Gasteiger partial charge in [-0.2, -0.15) is 5.10 Å². The fourth-order valence-electron chi connectivity index (χ4n) is 2.28. The first-order valence-corrected chi connectivity index (χ1v) is 6.26. The monoisotopic (exact) mass is 257 g/mol. The van der Waals surface area contributed by atoms with E-state index in [0.717, 1.165) is 5.56 Å². The second-order valence-corrected chi connectivity index (χ2v) is 4.78. The Labute approximate surface area is 111 Å². The normalized spacial score (nSPS) is 20.7. The second kappa shape index (κ2) is 4.42. The number of H-pyrrole nitrogens is 1. The molecule has 98 valence electrons. The molecule has 0 bridgehead atoms. The third kappa shape index (κ3) is 1.97. The van der Waals surface area contributed by atoms with Gasteiger partial charge >= 0.3 is 0 Å². The lowest BCUT2D eigenvalue weighted by atomic mass is 9.97. The standard InChI is InChI=1S/C14H15N3O2/c1-8-9(2)19-13-11(8)4-3-5-12(13)14(18)17-10-6-15-16-7-10/h3-9H,1-2H3,(H,15,16)(H,17,18). The van der Waals surface area contributed by atoms with Crippen LogP contribution in [-0.4, -0.2) is 22.2 Å². The van der Waals surface area contributed by atoms with Gasteiger partial charge in [0.25, 0.3) is 5.91 Å². The number of nitrogens with zero attached hydrogens (tertiary/aromatic N) is 1. The van der Waals surface area contributed by atoms with Crippen LogP contribution in [0.1, 0.15) is 35.7 Å². The van der Waals surface area contributed by atoms with Crippen molar-refractivity contribution in [3.8, 4) is 5.75 Å². The number of benzene rings is 1. The average molecular weight is 257 g/mol. The summed E-state index contributed by atoms with van der Waals surface area (Å²) in [4.78, 5) is 12.3. The molecule has 2 heterocycles. The number of para-hydroxylation sites is 1. The van der Waals surface area contributed by atoms with Gasteiger partial charge in [-0.1, -0.05) is 19.1 Å². The van der Waals surface area contributed by atoms with Crippen LogP contribution in [0.25, 0.3) is 0 Å². The Morgan fingerprint density at radius 1 is 1.42 bits per heavy atom. The first-order valence-electron chi connectivity index (χ1n) is 6.26. The van der Waals surface area contributed by atoms with Gasteiger partial charge in [0, 0.05) is 17.7 Å². The Hall–Kier alpha value is -2.30. The van der Waals surface area contributed by atoms with E-state index < -0.39 is 0 Å². The van der Waals surface area contributed by atoms with Crippen molar-refractivity contribution in [2.75, 3.05) is 5.32 Å². The van der Waals surface area contributed by atoms with Crippen LogP contribution >= 0.6 is 0 Å². The first-order chi connectivity index (χ1) is 9.16. The van der Waals surface area contributed by atoms with Crippen LogP contribution in [0.4, 0.5) is 5.69 Å². The van der Waals surface area contributed by atoms with E-state index in [4.69, 9.17) is 4.74 Å². The molecule has 1 aromatic heterocycles. The summed E-state index contributed by atoms with van der Waals surface area (Å²) in [7, 11) is 0. The lowest BCUT2D eigenvalue weighted by Crippen LogP contribution is -2.14. The molecule has 2 N–H and O–H groups in total. The Balaban J connectivity index is 1.92. The number of carbonyl (C=O) groups is 1. The smallest absolute Gasteiger partial charge is 0.259 e. The molecular weight excluding hydrogens is 242 g/mol. The predicted octanol–water partition coefficient (Wildman–Crippen LogP) is 2.55. The molecule has 3 rings (SSSR count). The van der Waals surface area contributed by atoms with Crippen molar-refractivity contribution in [3.63, 3.8) is 0 Å². The van der Waals surface area contributed by atoms with Crippen LogP contribution in [-0.2, 0) is 0 Å². The van der Waals surface area contributed by atoms with E-state index in [9.17, 15) is 4.79 Å². The van der Waals surface area contributed by atoms with E-state index in [2.05, 4.69) is 22.4 Å². The number of anilines is 1. The second-order valence-electron chi connectivity index (χ2n) is 4.78. The zero-order valence-electron chi connectivity index (χ0n) is 10.8. The molecular formula is C14H15N3O2. The van der Waals surface area contributed by atoms with Gasteiger partial charge in [0.15, 0.2) is 0 Å². The summed E-state index contributed by atoms with van der Waals surface area (Å²) in [5.41, 5.74) is 2.30. The maximum atomic E-state index is 12.3. The number of carbonyl (C=O) groups excluding carboxylic acids is 1. The number of fused-ring (bicyclic) bond motifs is 1. The van der Waals surface area contributed by atoms with E-state index in [1.54, 1.807) is 18.5 Å². The summed E-state index contributed by atoms with van der Waals surface area (Å²) in [6.07, 6.45) is 3.29. The molecule has 0 fully saturated rings. The molecule has 2 atom stereocenters. The number of hydrogen-bond donors (Lipinski definition) is 2. The SMILES string of the molecule is CC1Oc2c(C(=O)Nc3cn[nH]c3)cccc2C1C. The molecule has 2 unspecified atom stereocenters. The topological polar surface area (TPSA) is 67.0 Å². The van der Waals surface area contributed by atoms with Crippen molar-refractivity contribution < 1.29 is 9.53 Å². The molecule has 1 amide bonds. The van der Waals surface area contributed by atoms with Crippen molar-refractivity contribution in [2.45, 2.75) is 25.9 Å². The predicted molar refractivity (Wildman–Crippen MR) is 71.5 cm³/mol. The van der Waals surface area contributed by atoms with E-state index in [1.165, 1.54) is 0 Å². The molecule has 1 aliphatic heterocycles. The molecule has 5 heteroatoms. The fourth-order valence-corrected chi connectivity index (χ4v) is 2.28. The van der Waals surface area contributed by atoms with Gasteiger partial charge < -0.3 is 10.1 Å². The van der Waals surface area contributed by atoms with Gasteiger partial charge in [-0.15, -0.1) is 0 Å². The Kier molecular flexibility index (Phi) is 2.74. The number of amides is 1. The molecule has 1 aliphatic rings. The van der Waals surface area contributed by atoms with E-state index in [1.807, 2.05) is 19.1 Å². The van der Waals surface area contributed by atoms with Crippen molar-refractivity contribution >= 4 is 11.6 Å². The third-order valence-electron chi connectivity index (χ3n) is 3.54. The van der Waals surface area contributed by atoms with Crippen LogP contribution in [0.5, 0.6) is 5.75 Å². The van der Waals surface area contributed by atoms with Gasteiger partial charge in [-0.3, -0.25) is 9.89 Å². The van der Waals surface area contributed by atoms with Crippen LogP contribution in [0.15, 0.2) is 30.6 Å². The largest absolute Gasteiger partial charge is 0.489 e. The highest BCUT2D eigenvalue weighted by Crippen LogP contribution is 2.40. The highest BCUT2D eigenvalue weighted by Gasteiger charge is 2.31. The van der Waals surface area contributed by atoms with E-state index in [-0.39, 0.29) is 12.0 Å². The van der Waals surface area contributed by atoms with Crippen LogP contribution in [0, 0.1) is 0 Å². The van der Waals surface area contributed by atoms with Gasteiger partial charge in [0.05, 0.1) is 17.4 Å². The lowest BCUT2D eigenvalue weighted by molar-refractivity contribution is 0.102. The summed E-state index contributed by atoms with van der Waals surface area (Å²) in [6.45, 7) is 4.12. The zero-order valence-corrected chi connectivity index (χ0v) is 10.8. The minimum absolute atomic E-state index is 0.0953. The van der Waals surface area contributed by atoms with Gasteiger partial charge in [-0.25, -0.2) is 0 Å². The summed E-state index contributed by atoms with van der Waals surface area (Å²) < 4.78 is 5.81. The number of nitrogens with one attached hydrogen (secondary N) is 2. The van der Waals surface area contributed by atoms with Gasteiger partial charge in [0.2, 0.25) is 0 Å².